The summed E-state index contributed by atoms with van der Waals surface area (Å²) in [5.41, 5.74) is -0.821. The predicted molar refractivity (Wildman–Crippen MR) is 112 cm³/mol. The maximum Gasteiger partial charge on any atom is 0.407 e. The highest BCUT2D eigenvalue weighted by atomic mass is 35.5. The zero-order chi connectivity index (χ0) is 22.9. The van der Waals surface area contributed by atoms with E-state index < -0.39 is 42.4 Å². The van der Waals surface area contributed by atoms with Gasteiger partial charge in [-0.3, -0.25) is 4.79 Å². The van der Waals surface area contributed by atoms with E-state index >= 15 is 0 Å². The molecule has 0 aliphatic rings. The highest BCUT2D eigenvalue weighted by molar-refractivity contribution is 6.39. The lowest BCUT2D eigenvalue weighted by molar-refractivity contribution is -0.156. The van der Waals surface area contributed by atoms with Crippen LogP contribution in [0.25, 0.3) is 0 Å². The van der Waals surface area contributed by atoms with Crippen LogP contribution in [-0.4, -0.2) is 54.1 Å². The largest absolute Gasteiger partial charge is 0.460 e. The van der Waals surface area contributed by atoms with Crippen molar-refractivity contribution >= 4 is 41.2 Å². The van der Waals surface area contributed by atoms with Crippen molar-refractivity contribution in [1.82, 2.24) is 5.32 Å². The number of amides is 1. The van der Waals surface area contributed by atoms with Gasteiger partial charge in [0.05, 0.1) is 28.1 Å². The number of benzene rings is 1. The van der Waals surface area contributed by atoms with Crippen LogP contribution in [0, 0.1) is 0 Å². The van der Waals surface area contributed by atoms with Crippen LogP contribution in [0.15, 0.2) is 30.9 Å². The monoisotopic (exact) mass is 461 g/mol. The second-order valence-corrected chi connectivity index (χ2v) is 8.01. The molecule has 1 rings (SSSR count). The average Bonchev–Trinajstić information content (AvgIpc) is 2.62. The Balaban J connectivity index is 2.83. The topological polar surface area (TPSA) is 111 Å². The van der Waals surface area contributed by atoms with Crippen LogP contribution in [-0.2, 0) is 19.0 Å². The van der Waals surface area contributed by atoms with Crippen LogP contribution < -0.4 is 5.32 Å². The maximum atomic E-state index is 12.3. The Morgan fingerprint density at radius 3 is 2.33 bits per heavy atom. The highest BCUT2D eigenvalue weighted by Gasteiger charge is 2.29. The second-order valence-electron chi connectivity index (χ2n) is 7.19. The predicted octanol–water partition coefficient (Wildman–Crippen LogP) is 3.52. The van der Waals surface area contributed by atoms with Gasteiger partial charge in [0, 0.05) is 0 Å². The number of aliphatic hydroxyl groups excluding tert-OH is 1. The SMILES string of the molecule is C=CCOC(=O)N[C@@H](CC(=O)OC(C)(C)C)C(O)COC(=O)c1c(Cl)cccc1Cl. The molecule has 1 unspecified atom stereocenters. The molecule has 0 saturated carbocycles. The van der Waals surface area contributed by atoms with E-state index in [1.807, 2.05) is 0 Å². The van der Waals surface area contributed by atoms with Gasteiger partial charge in [-0.05, 0) is 32.9 Å². The van der Waals surface area contributed by atoms with E-state index in [4.69, 9.17) is 37.4 Å². The third-order valence-corrected chi connectivity index (χ3v) is 4.09. The van der Waals surface area contributed by atoms with Gasteiger partial charge >= 0.3 is 18.0 Å². The molecule has 0 heterocycles. The highest BCUT2D eigenvalue weighted by Crippen LogP contribution is 2.25. The molecule has 0 fully saturated rings. The summed E-state index contributed by atoms with van der Waals surface area (Å²) in [6.45, 7) is 7.84. The molecule has 0 spiro atoms. The van der Waals surface area contributed by atoms with Crippen LogP contribution >= 0.6 is 23.2 Å². The molecule has 0 bridgehead atoms. The van der Waals surface area contributed by atoms with Crippen molar-refractivity contribution in [3.05, 3.63) is 46.5 Å². The Kier molecular flexibility index (Phi) is 10.1. The molecular formula is C20H25Cl2NO7. The Bertz CT molecular complexity index is 757. The van der Waals surface area contributed by atoms with Gasteiger partial charge in [0.2, 0.25) is 0 Å². The standard InChI is InChI=1S/C20H25Cl2NO7/c1-5-9-28-19(27)23-14(10-16(25)30-20(2,3)4)15(24)11-29-18(26)17-12(21)7-6-8-13(17)22/h5-8,14-15,24H,1,9-11H2,2-4H3,(H,23,27)/t14-,15?/m0/s1. The smallest absolute Gasteiger partial charge is 0.407 e. The third-order valence-electron chi connectivity index (χ3n) is 3.46. The number of carbonyl (C=O) groups excluding carboxylic acids is 3. The molecule has 1 aromatic carbocycles. The number of carbonyl (C=O) groups is 3. The second kappa shape index (κ2) is 11.8. The van der Waals surface area contributed by atoms with Crippen LogP contribution in [0.4, 0.5) is 4.79 Å². The van der Waals surface area contributed by atoms with Crippen LogP contribution in [0.5, 0.6) is 0 Å². The Morgan fingerprint density at radius 1 is 1.20 bits per heavy atom. The first-order valence-electron chi connectivity index (χ1n) is 8.99. The zero-order valence-corrected chi connectivity index (χ0v) is 18.5. The molecule has 0 saturated heterocycles. The van der Waals surface area contributed by atoms with Gasteiger partial charge in [-0.25, -0.2) is 9.59 Å². The van der Waals surface area contributed by atoms with Gasteiger partial charge in [-0.15, -0.1) is 0 Å². The minimum atomic E-state index is -1.45. The lowest BCUT2D eigenvalue weighted by atomic mass is 10.1. The van der Waals surface area contributed by atoms with E-state index in [1.54, 1.807) is 26.8 Å². The van der Waals surface area contributed by atoms with Gasteiger partial charge in [0.25, 0.3) is 0 Å². The van der Waals surface area contributed by atoms with E-state index in [0.717, 1.165) is 0 Å². The fourth-order valence-electron chi connectivity index (χ4n) is 2.22. The molecule has 2 atom stereocenters. The number of aliphatic hydroxyl groups is 1. The quantitative estimate of drug-likeness (QED) is 0.328. The Morgan fingerprint density at radius 2 is 1.80 bits per heavy atom. The summed E-state index contributed by atoms with van der Waals surface area (Å²) in [5.74, 6) is -1.54. The molecule has 8 nitrogen and oxygen atoms in total. The van der Waals surface area contributed by atoms with Gasteiger partial charge < -0.3 is 24.6 Å². The minimum Gasteiger partial charge on any atom is -0.460 e. The number of esters is 2. The van der Waals surface area contributed by atoms with Gasteiger partial charge in [0.1, 0.15) is 24.9 Å². The number of rotatable bonds is 9. The number of nitrogens with one attached hydrogen (secondary N) is 1. The average molecular weight is 462 g/mol. The third kappa shape index (κ3) is 9.02. The first-order valence-corrected chi connectivity index (χ1v) is 9.75. The molecule has 0 aliphatic carbocycles. The minimum absolute atomic E-state index is 0.0601. The number of ether oxygens (including phenoxy) is 3. The van der Waals surface area contributed by atoms with Crippen LogP contribution in [0.3, 0.4) is 0 Å². The lowest BCUT2D eigenvalue weighted by Crippen LogP contribution is -2.47. The molecule has 10 heteroatoms. The summed E-state index contributed by atoms with van der Waals surface area (Å²) in [6.07, 6.45) is -1.36. The normalized spacial score (nSPS) is 13.0. The summed E-state index contributed by atoms with van der Waals surface area (Å²) in [6, 6.07) is 3.34. The molecule has 0 aliphatic heterocycles. The van der Waals surface area contributed by atoms with E-state index in [2.05, 4.69) is 11.9 Å². The van der Waals surface area contributed by atoms with Crippen molar-refractivity contribution in [2.75, 3.05) is 13.2 Å². The van der Waals surface area contributed by atoms with Crippen molar-refractivity contribution in [2.24, 2.45) is 0 Å². The number of halogens is 2. The Hall–Kier alpha value is -2.29. The van der Waals surface area contributed by atoms with E-state index in [-0.39, 0.29) is 28.6 Å². The van der Waals surface area contributed by atoms with E-state index in [1.165, 1.54) is 18.2 Å². The Labute approximate surface area is 185 Å². The maximum absolute atomic E-state index is 12.3. The van der Waals surface area contributed by atoms with Gasteiger partial charge in [-0.1, -0.05) is 41.9 Å². The van der Waals surface area contributed by atoms with Crippen molar-refractivity contribution in [3.63, 3.8) is 0 Å². The summed E-state index contributed by atoms with van der Waals surface area (Å²) >= 11 is 11.9. The van der Waals surface area contributed by atoms with Crippen molar-refractivity contribution in [3.8, 4) is 0 Å². The van der Waals surface area contributed by atoms with Crippen molar-refractivity contribution < 1.29 is 33.7 Å². The van der Waals surface area contributed by atoms with E-state index in [9.17, 15) is 19.5 Å². The molecular weight excluding hydrogens is 437 g/mol. The van der Waals surface area contributed by atoms with Crippen LogP contribution in [0.2, 0.25) is 10.0 Å². The first kappa shape index (κ1) is 25.7. The number of hydrogen-bond donors (Lipinski definition) is 2. The number of alkyl carbamates (subject to hydrolysis) is 1. The first-order chi connectivity index (χ1) is 13.9. The molecule has 2 N–H and O–H groups in total. The lowest BCUT2D eigenvalue weighted by Gasteiger charge is -2.25. The summed E-state index contributed by atoms with van der Waals surface area (Å²) in [4.78, 5) is 36.2. The molecule has 0 radical (unpaired) electrons. The summed E-state index contributed by atoms with van der Waals surface area (Å²) in [7, 11) is 0. The van der Waals surface area contributed by atoms with Crippen molar-refractivity contribution in [2.45, 2.75) is 44.9 Å². The molecule has 30 heavy (non-hydrogen) atoms. The van der Waals surface area contributed by atoms with Gasteiger partial charge in [0.15, 0.2) is 0 Å². The van der Waals surface area contributed by atoms with Gasteiger partial charge in [-0.2, -0.15) is 0 Å². The van der Waals surface area contributed by atoms with Crippen LogP contribution in [0.1, 0.15) is 37.6 Å². The zero-order valence-electron chi connectivity index (χ0n) is 16.9. The fourth-order valence-corrected chi connectivity index (χ4v) is 2.77. The molecule has 1 amide bonds. The van der Waals surface area contributed by atoms with Crippen molar-refractivity contribution in [1.29, 1.82) is 0 Å². The molecule has 0 aromatic heterocycles. The summed E-state index contributed by atoms with van der Waals surface area (Å²) < 4.78 is 15.1. The molecule has 1 aromatic rings. The molecule has 166 valence electrons. The number of hydrogen-bond acceptors (Lipinski definition) is 7. The van der Waals surface area contributed by atoms with E-state index in [0.29, 0.717) is 0 Å². The summed E-state index contributed by atoms with van der Waals surface area (Å²) in [5, 5.41) is 12.9. The fraction of sp³-hybridized carbons (Fsp3) is 0.450.